The lowest BCUT2D eigenvalue weighted by molar-refractivity contribution is -0.217. The number of aliphatic hydroxyl groups excluding tert-OH is 2. The lowest BCUT2D eigenvalue weighted by Crippen LogP contribution is -2.70. The highest BCUT2D eigenvalue weighted by molar-refractivity contribution is 5.93. The molecule has 3 heterocycles. The first-order valence-electron chi connectivity index (χ1n) is 17.6. The SMILES string of the molecule is CC(C)(C)OC(=O)CC[C@@H](CO)NC(=O)[C@@]12C[C@H]3OC(=O)[C@@H]1N(Cc1ccc(C=COCCO)cc1)O[C@@H]2[C@H]1OC2(Cc4ccccc4C2)O[C@H]13. The molecular formula is C38H46N2O11. The van der Waals surface area contributed by atoms with Crippen molar-refractivity contribution in [2.75, 3.05) is 19.8 Å². The number of hydrogen-bond donors (Lipinski definition) is 3. The van der Waals surface area contributed by atoms with Crippen LogP contribution in [-0.2, 0) is 62.3 Å². The van der Waals surface area contributed by atoms with Gasteiger partial charge in [0.25, 0.3) is 0 Å². The summed E-state index contributed by atoms with van der Waals surface area (Å²) in [5, 5.41) is 23.7. The molecule has 7 atom stereocenters. The van der Waals surface area contributed by atoms with E-state index in [2.05, 4.69) is 5.32 Å². The fourth-order valence-corrected chi connectivity index (χ4v) is 8.13. The summed E-state index contributed by atoms with van der Waals surface area (Å²) >= 11 is 0. The predicted molar refractivity (Wildman–Crippen MR) is 180 cm³/mol. The number of hydroxylamine groups is 2. The van der Waals surface area contributed by atoms with E-state index in [4.69, 9.17) is 33.6 Å². The molecule has 2 aliphatic carbocycles. The number of amides is 1. The van der Waals surface area contributed by atoms with Crippen molar-refractivity contribution >= 4 is 23.9 Å². The molecule has 7 rings (SSSR count). The molecule has 4 fully saturated rings. The normalized spacial score (nSPS) is 29.4. The van der Waals surface area contributed by atoms with Crippen LogP contribution in [0.2, 0.25) is 0 Å². The summed E-state index contributed by atoms with van der Waals surface area (Å²) in [5.41, 5.74) is 1.81. The van der Waals surface area contributed by atoms with Crippen LogP contribution >= 0.6 is 0 Å². The van der Waals surface area contributed by atoms with E-state index >= 15 is 0 Å². The summed E-state index contributed by atoms with van der Waals surface area (Å²) < 4.78 is 30.2. The van der Waals surface area contributed by atoms with Crippen molar-refractivity contribution in [3.8, 4) is 0 Å². The second-order valence-corrected chi connectivity index (χ2v) is 15.0. The highest BCUT2D eigenvalue weighted by Gasteiger charge is 2.76. The highest BCUT2D eigenvalue weighted by atomic mass is 16.8. The zero-order chi connectivity index (χ0) is 36.0. The van der Waals surface area contributed by atoms with Gasteiger partial charge in [0, 0.05) is 25.7 Å². The summed E-state index contributed by atoms with van der Waals surface area (Å²) in [6, 6.07) is 13.7. The van der Waals surface area contributed by atoms with Crippen molar-refractivity contribution < 1.29 is 53.1 Å². The molecule has 3 saturated heterocycles. The molecule has 13 nitrogen and oxygen atoms in total. The van der Waals surface area contributed by atoms with Gasteiger partial charge in [0.15, 0.2) is 11.8 Å². The Kier molecular flexibility index (Phi) is 9.72. The molecular weight excluding hydrogens is 660 g/mol. The van der Waals surface area contributed by atoms with Gasteiger partial charge in [0.2, 0.25) is 5.91 Å². The quantitative estimate of drug-likeness (QED) is 0.168. The Labute approximate surface area is 296 Å². The largest absolute Gasteiger partial charge is 0.499 e. The Morgan fingerprint density at radius 3 is 2.43 bits per heavy atom. The van der Waals surface area contributed by atoms with E-state index in [0.717, 1.165) is 22.3 Å². The van der Waals surface area contributed by atoms with Crippen LogP contribution in [0.25, 0.3) is 6.08 Å². The molecule has 0 aromatic heterocycles. The highest BCUT2D eigenvalue weighted by Crippen LogP contribution is 2.58. The van der Waals surface area contributed by atoms with E-state index in [1.807, 2.05) is 48.5 Å². The number of rotatable bonds is 12. The smallest absolute Gasteiger partial charge is 0.327 e. The molecule has 3 N–H and O–H groups in total. The van der Waals surface area contributed by atoms with Crippen molar-refractivity contribution in [3.05, 3.63) is 77.0 Å². The molecule has 1 saturated carbocycles. The fraction of sp³-hybridized carbons (Fsp3) is 0.553. The van der Waals surface area contributed by atoms with Gasteiger partial charge in [-0.1, -0.05) is 48.5 Å². The maximum absolute atomic E-state index is 14.7. The Balaban J connectivity index is 1.16. The van der Waals surface area contributed by atoms with Crippen molar-refractivity contribution in [3.63, 3.8) is 0 Å². The average Bonchev–Trinajstić information content (AvgIpc) is 3.76. The van der Waals surface area contributed by atoms with Crippen LogP contribution in [-0.4, -0.2) is 101 Å². The molecule has 13 heteroatoms. The minimum absolute atomic E-state index is 0.0145. The lowest BCUT2D eigenvalue weighted by Gasteiger charge is -2.49. The van der Waals surface area contributed by atoms with E-state index in [9.17, 15) is 19.5 Å². The van der Waals surface area contributed by atoms with E-state index in [0.29, 0.717) is 12.8 Å². The number of hydrogen-bond acceptors (Lipinski definition) is 12. The van der Waals surface area contributed by atoms with Crippen LogP contribution in [0, 0.1) is 5.41 Å². The molecule has 1 amide bonds. The first-order chi connectivity index (χ1) is 24.4. The lowest BCUT2D eigenvalue weighted by atomic mass is 9.62. The second kappa shape index (κ2) is 13.9. The zero-order valence-electron chi connectivity index (χ0n) is 29.1. The molecule has 2 aromatic rings. The summed E-state index contributed by atoms with van der Waals surface area (Å²) in [6.07, 6.45) is 1.51. The first-order valence-corrected chi connectivity index (χ1v) is 17.6. The Bertz CT molecular complexity index is 1630. The van der Waals surface area contributed by atoms with Gasteiger partial charge in [-0.15, -0.1) is 0 Å². The number of ether oxygens (including phenoxy) is 5. The van der Waals surface area contributed by atoms with Gasteiger partial charge in [-0.3, -0.25) is 19.2 Å². The van der Waals surface area contributed by atoms with Crippen LogP contribution in [0.1, 0.15) is 62.3 Å². The second-order valence-electron chi connectivity index (χ2n) is 15.0. The monoisotopic (exact) mass is 706 g/mol. The summed E-state index contributed by atoms with van der Waals surface area (Å²) in [6.45, 7) is 5.19. The van der Waals surface area contributed by atoms with Crippen molar-refractivity contribution in [1.29, 1.82) is 0 Å². The Hall–Kier alpha value is -3.85. The standard InChI is InChI=1S/C38H46N2O11/c1-36(2,3)48-29(43)13-12-27(22-42)39-35(45)38-20-28-30-31(50-37(49-30)18-25-6-4-5-7-26(25)19-37)33(38)51-40(32(38)34(44)47-28)21-24-10-8-23(9-11-24)14-16-46-17-15-41/h4-11,14,16,27-28,30-33,41-42H,12-13,15,17-22H2,1-3H3,(H,39,45)/t27-,28+,30-,31-,32-,33+,38-/m0/s1. The number of nitrogens with one attached hydrogen (secondary N) is 1. The topological polar surface area (TPSA) is 162 Å². The van der Waals surface area contributed by atoms with E-state index in [1.165, 1.54) is 11.3 Å². The van der Waals surface area contributed by atoms with Crippen molar-refractivity contribution in [2.24, 2.45) is 5.41 Å². The summed E-state index contributed by atoms with van der Waals surface area (Å²) in [5.74, 6) is -2.51. The number of nitrogens with zero attached hydrogens (tertiary/aromatic N) is 1. The summed E-state index contributed by atoms with van der Waals surface area (Å²) in [4.78, 5) is 47.8. The van der Waals surface area contributed by atoms with Gasteiger partial charge in [0.05, 0.1) is 32.1 Å². The zero-order valence-corrected chi connectivity index (χ0v) is 29.1. The number of fused-ring (bicyclic) bond motifs is 5. The average molecular weight is 707 g/mol. The van der Waals surface area contributed by atoms with Crippen molar-refractivity contribution in [1.82, 2.24) is 10.4 Å². The number of esters is 2. The third-order valence-electron chi connectivity index (χ3n) is 10.3. The Morgan fingerprint density at radius 2 is 1.76 bits per heavy atom. The molecule has 3 aliphatic heterocycles. The molecule has 1 spiro atoms. The third kappa shape index (κ3) is 6.90. The number of benzene rings is 2. The maximum Gasteiger partial charge on any atom is 0.327 e. The summed E-state index contributed by atoms with van der Waals surface area (Å²) in [7, 11) is 0. The van der Waals surface area contributed by atoms with Crippen LogP contribution < -0.4 is 5.32 Å². The van der Waals surface area contributed by atoms with Gasteiger partial charge in [-0.05, 0) is 55.5 Å². The maximum atomic E-state index is 14.7. The molecule has 51 heavy (non-hydrogen) atoms. The molecule has 5 aliphatic rings. The molecule has 0 unspecified atom stereocenters. The minimum atomic E-state index is -1.44. The van der Waals surface area contributed by atoms with Gasteiger partial charge in [-0.25, -0.2) is 0 Å². The van der Waals surface area contributed by atoms with Crippen LogP contribution in [0.4, 0.5) is 0 Å². The van der Waals surface area contributed by atoms with E-state index in [-0.39, 0.29) is 39.0 Å². The predicted octanol–water partition coefficient (Wildman–Crippen LogP) is 2.34. The van der Waals surface area contributed by atoms with Crippen LogP contribution in [0.5, 0.6) is 0 Å². The van der Waals surface area contributed by atoms with Crippen molar-refractivity contribution in [2.45, 2.75) is 107 Å². The van der Waals surface area contributed by atoms with Crippen LogP contribution in [0.3, 0.4) is 0 Å². The molecule has 2 aromatic carbocycles. The van der Waals surface area contributed by atoms with E-state index in [1.54, 1.807) is 26.8 Å². The van der Waals surface area contributed by atoms with Gasteiger partial charge >= 0.3 is 11.9 Å². The van der Waals surface area contributed by atoms with Gasteiger partial charge in [0.1, 0.15) is 42.0 Å². The van der Waals surface area contributed by atoms with E-state index < -0.39 is 77.8 Å². The molecule has 0 radical (unpaired) electrons. The minimum Gasteiger partial charge on any atom is -0.499 e. The first kappa shape index (κ1) is 35.5. The van der Waals surface area contributed by atoms with Gasteiger partial charge < -0.3 is 39.2 Å². The van der Waals surface area contributed by atoms with Gasteiger partial charge in [-0.2, -0.15) is 5.06 Å². The van der Waals surface area contributed by atoms with Crippen LogP contribution in [0.15, 0.2) is 54.8 Å². The molecule has 274 valence electrons. The number of carbonyl (C=O) groups excluding carboxylic acids is 3. The fourth-order valence-electron chi connectivity index (χ4n) is 8.13. The molecule has 2 bridgehead atoms. The number of aliphatic hydroxyl groups is 2. The number of carbonyl (C=O) groups is 3. The Morgan fingerprint density at radius 1 is 1.06 bits per heavy atom. The third-order valence-corrected chi connectivity index (χ3v) is 10.3.